The van der Waals surface area contributed by atoms with Crippen molar-refractivity contribution in [1.29, 1.82) is 0 Å². The molecule has 4 nitrogen and oxygen atoms in total. The van der Waals surface area contributed by atoms with Gasteiger partial charge >= 0.3 is 11.9 Å². The molecule has 0 aromatic carbocycles. The molecule has 0 heterocycles. The molecule has 0 radical (unpaired) electrons. The van der Waals surface area contributed by atoms with Gasteiger partial charge in [-0.3, -0.25) is 0 Å². The van der Waals surface area contributed by atoms with Crippen molar-refractivity contribution in [1.82, 2.24) is 0 Å². The van der Waals surface area contributed by atoms with Crippen molar-refractivity contribution in [2.45, 2.75) is 52.4 Å². The van der Waals surface area contributed by atoms with E-state index in [2.05, 4.69) is 13.2 Å². The van der Waals surface area contributed by atoms with Crippen molar-refractivity contribution in [3.05, 3.63) is 24.3 Å². The van der Waals surface area contributed by atoms with Gasteiger partial charge in [0.25, 0.3) is 0 Å². The normalized spacial score (nSPS) is 34.4. The van der Waals surface area contributed by atoms with E-state index in [1.807, 2.05) is 0 Å². The minimum Gasteiger partial charge on any atom is -0.462 e. The van der Waals surface area contributed by atoms with Crippen LogP contribution in [-0.2, 0) is 19.1 Å². The number of ether oxygens (including phenoxy) is 2. The quantitative estimate of drug-likeness (QED) is 0.478. The summed E-state index contributed by atoms with van der Waals surface area (Å²) < 4.78 is 10.6. The van der Waals surface area contributed by atoms with Gasteiger partial charge in [0.2, 0.25) is 0 Å². The summed E-state index contributed by atoms with van der Waals surface area (Å²) in [5.74, 6) is 4.22. The Labute approximate surface area is 157 Å². The second-order valence-electron chi connectivity index (χ2n) is 8.73. The molecule has 144 valence electrons. The lowest BCUT2D eigenvalue weighted by Crippen LogP contribution is -2.25. The van der Waals surface area contributed by atoms with Crippen molar-refractivity contribution >= 4 is 11.9 Å². The molecule has 6 atom stereocenters. The Balaban J connectivity index is 1.42. The second-order valence-corrected chi connectivity index (χ2v) is 8.73. The maximum absolute atomic E-state index is 11.5. The maximum Gasteiger partial charge on any atom is 0.333 e. The van der Waals surface area contributed by atoms with Gasteiger partial charge in [-0.15, -0.1) is 0 Å². The third kappa shape index (κ3) is 4.05. The van der Waals surface area contributed by atoms with Crippen LogP contribution in [0.2, 0.25) is 0 Å². The first kappa shape index (κ1) is 19.2. The fourth-order valence-corrected chi connectivity index (χ4v) is 5.76. The van der Waals surface area contributed by atoms with Crippen LogP contribution < -0.4 is 0 Å². The van der Waals surface area contributed by atoms with E-state index in [9.17, 15) is 9.59 Å². The smallest absolute Gasteiger partial charge is 0.333 e. The van der Waals surface area contributed by atoms with Gasteiger partial charge < -0.3 is 9.47 Å². The molecule has 0 N–H and O–H groups in total. The Bertz CT molecular complexity index is 593. The summed E-state index contributed by atoms with van der Waals surface area (Å²) in [6.07, 6.45) is 7.21. The average Bonchev–Trinajstić information content (AvgIpc) is 3.25. The topological polar surface area (TPSA) is 52.6 Å². The summed E-state index contributed by atoms with van der Waals surface area (Å²) in [6, 6.07) is 0. The largest absolute Gasteiger partial charge is 0.462 e. The number of hydrogen-bond donors (Lipinski definition) is 0. The van der Waals surface area contributed by atoms with Crippen molar-refractivity contribution in [2.24, 2.45) is 35.5 Å². The molecule has 0 aliphatic heterocycles. The van der Waals surface area contributed by atoms with E-state index < -0.39 is 0 Å². The highest BCUT2D eigenvalue weighted by Gasteiger charge is 2.55. The van der Waals surface area contributed by atoms with Gasteiger partial charge in [-0.2, -0.15) is 0 Å². The highest BCUT2D eigenvalue weighted by Crippen LogP contribution is 2.63. The van der Waals surface area contributed by atoms with Crippen molar-refractivity contribution in [3.63, 3.8) is 0 Å². The molecule has 0 amide bonds. The van der Waals surface area contributed by atoms with E-state index in [0.717, 1.165) is 36.5 Å². The van der Waals surface area contributed by atoms with Crippen LogP contribution in [0.15, 0.2) is 24.3 Å². The fourth-order valence-electron chi connectivity index (χ4n) is 5.76. The van der Waals surface area contributed by atoms with Gasteiger partial charge in [0.15, 0.2) is 0 Å². The number of esters is 2. The molecule has 0 aromatic heterocycles. The molecule has 3 rings (SSSR count). The summed E-state index contributed by atoms with van der Waals surface area (Å²) in [6.45, 7) is 11.7. The molecule has 4 heteroatoms. The number of rotatable bonds is 8. The molecule has 0 saturated heterocycles. The van der Waals surface area contributed by atoms with Crippen molar-refractivity contribution in [2.75, 3.05) is 13.2 Å². The van der Waals surface area contributed by atoms with Gasteiger partial charge in [-0.1, -0.05) is 13.2 Å². The van der Waals surface area contributed by atoms with Crippen LogP contribution in [-0.4, -0.2) is 25.2 Å². The van der Waals surface area contributed by atoms with Gasteiger partial charge in [0.1, 0.15) is 0 Å². The molecule has 0 spiro atoms. The van der Waals surface area contributed by atoms with Crippen LogP contribution in [0.3, 0.4) is 0 Å². The van der Waals surface area contributed by atoms with E-state index in [0.29, 0.717) is 36.2 Å². The van der Waals surface area contributed by atoms with Crippen LogP contribution >= 0.6 is 0 Å². The number of carbonyl (C=O) groups is 2. The second kappa shape index (κ2) is 7.98. The lowest BCUT2D eigenvalue weighted by atomic mass is 9.75. The first-order chi connectivity index (χ1) is 12.4. The van der Waals surface area contributed by atoms with E-state index in [1.54, 1.807) is 13.8 Å². The van der Waals surface area contributed by atoms with E-state index in [-0.39, 0.29) is 11.9 Å². The first-order valence-corrected chi connectivity index (χ1v) is 10.0. The Morgan fingerprint density at radius 1 is 0.808 bits per heavy atom. The lowest BCUT2D eigenvalue weighted by molar-refractivity contribution is -0.140. The van der Waals surface area contributed by atoms with Crippen LogP contribution in [0.4, 0.5) is 0 Å². The third-order valence-corrected chi connectivity index (χ3v) is 6.88. The predicted octanol–water partition coefficient (Wildman–Crippen LogP) is 4.30. The highest BCUT2D eigenvalue weighted by atomic mass is 16.5. The highest BCUT2D eigenvalue weighted by molar-refractivity contribution is 5.87. The zero-order valence-electron chi connectivity index (χ0n) is 16.2. The monoisotopic (exact) mass is 360 g/mol. The minimum absolute atomic E-state index is 0.267. The maximum atomic E-state index is 11.5. The number of hydrogen-bond acceptors (Lipinski definition) is 4. The average molecular weight is 360 g/mol. The van der Waals surface area contributed by atoms with Gasteiger partial charge in [0, 0.05) is 11.1 Å². The Morgan fingerprint density at radius 3 is 2.00 bits per heavy atom. The van der Waals surface area contributed by atoms with Crippen LogP contribution in [0.1, 0.15) is 52.4 Å². The van der Waals surface area contributed by atoms with Gasteiger partial charge in [-0.25, -0.2) is 9.59 Å². The van der Waals surface area contributed by atoms with Crippen molar-refractivity contribution in [3.8, 4) is 0 Å². The molecule has 0 aromatic rings. The number of carbonyl (C=O) groups excluding carboxylic acids is 2. The minimum atomic E-state index is -0.271. The first-order valence-electron chi connectivity index (χ1n) is 10.0. The van der Waals surface area contributed by atoms with Crippen LogP contribution in [0.5, 0.6) is 0 Å². The molecule has 26 heavy (non-hydrogen) atoms. The molecular formula is C22H32O4. The van der Waals surface area contributed by atoms with E-state index >= 15 is 0 Å². The van der Waals surface area contributed by atoms with E-state index in [4.69, 9.17) is 9.47 Å². The van der Waals surface area contributed by atoms with Gasteiger partial charge in [-0.05, 0) is 87.9 Å². The Morgan fingerprint density at radius 2 is 1.38 bits per heavy atom. The zero-order valence-corrected chi connectivity index (χ0v) is 16.2. The summed E-state index contributed by atoms with van der Waals surface area (Å²) in [5, 5.41) is 0. The molecule has 6 unspecified atom stereocenters. The zero-order chi connectivity index (χ0) is 18.8. The Kier molecular flexibility index (Phi) is 5.89. The molecule has 3 fully saturated rings. The molecule has 2 bridgehead atoms. The van der Waals surface area contributed by atoms with Crippen LogP contribution in [0, 0.1) is 35.5 Å². The van der Waals surface area contributed by atoms with Gasteiger partial charge in [0.05, 0.1) is 13.2 Å². The summed E-state index contributed by atoms with van der Waals surface area (Å²) in [5.41, 5.74) is 0.950. The Hall–Kier alpha value is -1.58. The SMILES string of the molecule is C=C(C)C(=O)OCCC1CC2C3CC(CCOC(=O)C(=C)C)C(C3)C2C1. The summed E-state index contributed by atoms with van der Waals surface area (Å²) in [4.78, 5) is 23.0. The third-order valence-electron chi connectivity index (χ3n) is 6.88. The summed E-state index contributed by atoms with van der Waals surface area (Å²) in [7, 11) is 0. The number of fused-ring (bicyclic) bond motifs is 5. The fraction of sp³-hybridized carbons (Fsp3) is 0.727. The van der Waals surface area contributed by atoms with Crippen LogP contribution in [0.25, 0.3) is 0 Å². The molecule has 3 saturated carbocycles. The predicted molar refractivity (Wildman–Crippen MR) is 100 cm³/mol. The molecule has 3 aliphatic rings. The summed E-state index contributed by atoms with van der Waals surface area (Å²) >= 11 is 0. The van der Waals surface area contributed by atoms with Crippen molar-refractivity contribution < 1.29 is 19.1 Å². The lowest BCUT2D eigenvalue weighted by Gasteiger charge is -2.31. The molecule has 3 aliphatic carbocycles. The standard InChI is InChI=1S/C22H32O4/c1-13(2)21(23)25-7-5-15-9-18-17-11-16(19(12-17)20(18)10-15)6-8-26-22(24)14(3)4/h15-20H,1,3,5-12H2,2,4H3. The molecular weight excluding hydrogens is 328 g/mol. The van der Waals surface area contributed by atoms with E-state index in [1.165, 1.54) is 25.7 Å².